The molecular formula is C13H12FNO4. The number of aryl methyl sites for hydroxylation is 1. The maximum absolute atomic E-state index is 13.6. The Balaban J connectivity index is 2.29. The molecule has 0 unspecified atom stereocenters. The first-order valence-corrected chi connectivity index (χ1v) is 5.60. The molecule has 1 aromatic heterocycles. The van der Waals surface area contributed by atoms with Gasteiger partial charge in [0.15, 0.2) is 18.0 Å². The number of hydrogen-bond donors (Lipinski definition) is 1. The third kappa shape index (κ3) is 2.90. The fourth-order valence-electron chi connectivity index (χ4n) is 1.72. The van der Waals surface area contributed by atoms with Gasteiger partial charge in [-0.25, -0.2) is 9.37 Å². The number of aromatic nitrogens is 1. The number of halogens is 1. The van der Waals surface area contributed by atoms with E-state index in [1.165, 1.54) is 25.6 Å². The van der Waals surface area contributed by atoms with E-state index >= 15 is 0 Å². The molecule has 0 aliphatic carbocycles. The van der Waals surface area contributed by atoms with Crippen LogP contribution in [0.3, 0.4) is 0 Å². The zero-order chi connectivity index (χ0) is 13.8. The molecule has 0 radical (unpaired) electrons. The molecule has 100 valence electrons. The fourth-order valence-corrected chi connectivity index (χ4v) is 1.72. The highest BCUT2D eigenvalue weighted by Crippen LogP contribution is 2.27. The lowest BCUT2D eigenvalue weighted by Crippen LogP contribution is -1.98. The van der Waals surface area contributed by atoms with Gasteiger partial charge in [0.05, 0.1) is 13.5 Å². The van der Waals surface area contributed by atoms with E-state index in [2.05, 4.69) is 4.98 Å². The fraction of sp³-hybridized carbons (Fsp3) is 0.231. The summed E-state index contributed by atoms with van der Waals surface area (Å²) >= 11 is 0. The molecule has 2 aromatic rings. The molecular weight excluding hydrogens is 253 g/mol. The van der Waals surface area contributed by atoms with E-state index in [1.54, 1.807) is 6.07 Å². The molecule has 0 bridgehead atoms. The summed E-state index contributed by atoms with van der Waals surface area (Å²) in [7, 11) is 1.38. The lowest BCUT2D eigenvalue weighted by Gasteiger charge is -2.04. The first-order valence-electron chi connectivity index (χ1n) is 5.60. The quantitative estimate of drug-likeness (QED) is 0.899. The minimum absolute atomic E-state index is 0.0686. The summed E-state index contributed by atoms with van der Waals surface area (Å²) < 4.78 is 23.6. The monoisotopic (exact) mass is 265 g/mol. The molecule has 0 aliphatic rings. The van der Waals surface area contributed by atoms with Gasteiger partial charge in [0, 0.05) is 12.0 Å². The molecule has 1 aromatic carbocycles. The van der Waals surface area contributed by atoms with Crippen LogP contribution in [0.2, 0.25) is 0 Å². The number of carboxylic acid groups (broad SMARTS) is 1. The largest absolute Gasteiger partial charge is 0.494 e. The van der Waals surface area contributed by atoms with Crippen molar-refractivity contribution in [2.75, 3.05) is 7.11 Å². The Kier molecular flexibility index (Phi) is 3.79. The Hall–Kier alpha value is -2.37. The van der Waals surface area contributed by atoms with Crippen LogP contribution >= 0.6 is 0 Å². The summed E-state index contributed by atoms with van der Waals surface area (Å²) in [5, 5.41) is 8.65. The van der Waals surface area contributed by atoms with Gasteiger partial charge in [-0.1, -0.05) is 0 Å². The van der Waals surface area contributed by atoms with Crippen molar-refractivity contribution in [2.45, 2.75) is 12.8 Å². The second-order valence-electron chi connectivity index (χ2n) is 3.87. The minimum Gasteiger partial charge on any atom is -0.494 e. The molecule has 5 nitrogen and oxygen atoms in total. The van der Waals surface area contributed by atoms with Crippen molar-refractivity contribution in [1.82, 2.24) is 4.98 Å². The smallest absolute Gasteiger partial charge is 0.303 e. The lowest BCUT2D eigenvalue weighted by atomic mass is 10.1. The van der Waals surface area contributed by atoms with Crippen molar-refractivity contribution in [2.24, 2.45) is 0 Å². The third-order valence-corrected chi connectivity index (χ3v) is 2.63. The molecule has 0 fully saturated rings. The summed E-state index contributed by atoms with van der Waals surface area (Å²) in [4.78, 5) is 14.5. The van der Waals surface area contributed by atoms with Crippen molar-refractivity contribution >= 4 is 5.97 Å². The summed E-state index contributed by atoms with van der Waals surface area (Å²) in [5.74, 6) is -0.873. The van der Waals surface area contributed by atoms with Crippen LogP contribution in [0.4, 0.5) is 4.39 Å². The first-order chi connectivity index (χ1) is 9.11. The van der Waals surface area contributed by atoms with Gasteiger partial charge in [-0.15, -0.1) is 0 Å². The van der Waals surface area contributed by atoms with Crippen LogP contribution in [0, 0.1) is 5.82 Å². The topological polar surface area (TPSA) is 72.6 Å². The Morgan fingerprint density at radius 2 is 2.32 bits per heavy atom. The van der Waals surface area contributed by atoms with Crippen LogP contribution < -0.4 is 4.74 Å². The number of nitrogens with zero attached hydrogens (tertiary/aromatic N) is 1. The second-order valence-corrected chi connectivity index (χ2v) is 3.87. The summed E-state index contributed by atoms with van der Waals surface area (Å²) in [5.41, 5.74) is 0.968. The SMILES string of the molecule is COc1ccc(-c2ncoc2CCC(=O)O)cc1F. The van der Waals surface area contributed by atoms with E-state index in [-0.39, 0.29) is 18.6 Å². The highest BCUT2D eigenvalue weighted by Gasteiger charge is 2.14. The summed E-state index contributed by atoms with van der Waals surface area (Å²) in [6, 6.07) is 4.41. The van der Waals surface area contributed by atoms with Gasteiger partial charge in [0.2, 0.25) is 0 Å². The number of oxazole rings is 1. The normalized spacial score (nSPS) is 10.4. The molecule has 19 heavy (non-hydrogen) atoms. The number of aliphatic carboxylic acids is 1. The molecule has 0 amide bonds. The van der Waals surface area contributed by atoms with Crippen molar-refractivity contribution in [3.8, 4) is 17.0 Å². The lowest BCUT2D eigenvalue weighted by molar-refractivity contribution is -0.137. The predicted molar refractivity (Wildman–Crippen MR) is 64.4 cm³/mol. The zero-order valence-electron chi connectivity index (χ0n) is 10.2. The number of rotatable bonds is 5. The zero-order valence-corrected chi connectivity index (χ0v) is 10.2. The second kappa shape index (κ2) is 5.51. The van der Waals surface area contributed by atoms with Crippen LogP contribution in [-0.4, -0.2) is 23.2 Å². The van der Waals surface area contributed by atoms with E-state index in [0.717, 1.165) is 0 Å². The standard InChI is InChI=1S/C13H12FNO4/c1-18-10-3-2-8(6-9(10)14)13-11(19-7-15-13)4-5-12(16)17/h2-3,6-7H,4-5H2,1H3,(H,16,17). The van der Waals surface area contributed by atoms with Crippen molar-refractivity contribution in [3.05, 3.63) is 36.2 Å². The van der Waals surface area contributed by atoms with Crippen LogP contribution in [0.5, 0.6) is 5.75 Å². The van der Waals surface area contributed by atoms with Gasteiger partial charge in [0.1, 0.15) is 11.5 Å². The predicted octanol–water partition coefficient (Wildman–Crippen LogP) is 2.51. The number of methoxy groups -OCH3 is 1. The minimum atomic E-state index is -0.928. The van der Waals surface area contributed by atoms with Crippen molar-refractivity contribution in [3.63, 3.8) is 0 Å². The Bertz CT molecular complexity index is 594. The highest BCUT2D eigenvalue weighted by atomic mass is 19.1. The average Bonchev–Trinajstić information content (AvgIpc) is 2.84. The van der Waals surface area contributed by atoms with Crippen molar-refractivity contribution in [1.29, 1.82) is 0 Å². The molecule has 1 N–H and O–H groups in total. The molecule has 0 spiro atoms. The number of carbonyl (C=O) groups is 1. The van der Waals surface area contributed by atoms with Crippen LogP contribution in [0.15, 0.2) is 29.0 Å². The maximum atomic E-state index is 13.6. The number of ether oxygens (including phenoxy) is 1. The highest BCUT2D eigenvalue weighted by molar-refractivity contribution is 5.68. The van der Waals surface area contributed by atoms with E-state index in [1.807, 2.05) is 0 Å². The van der Waals surface area contributed by atoms with Crippen LogP contribution in [0.25, 0.3) is 11.3 Å². The summed E-state index contributed by atoms with van der Waals surface area (Å²) in [6.45, 7) is 0. The molecule has 2 rings (SSSR count). The van der Waals surface area contributed by atoms with E-state index < -0.39 is 11.8 Å². The van der Waals surface area contributed by atoms with Gasteiger partial charge in [0.25, 0.3) is 0 Å². The van der Waals surface area contributed by atoms with Crippen LogP contribution in [0.1, 0.15) is 12.2 Å². The summed E-state index contributed by atoms with van der Waals surface area (Å²) in [6.07, 6.45) is 1.35. The van der Waals surface area contributed by atoms with Crippen molar-refractivity contribution < 1.29 is 23.4 Å². The number of hydrogen-bond acceptors (Lipinski definition) is 4. The third-order valence-electron chi connectivity index (χ3n) is 2.63. The molecule has 1 heterocycles. The van der Waals surface area contributed by atoms with E-state index in [0.29, 0.717) is 17.0 Å². The number of carboxylic acids is 1. The molecule has 0 atom stereocenters. The molecule has 6 heteroatoms. The maximum Gasteiger partial charge on any atom is 0.303 e. The average molecular weight is 265 g/mol. The molecule has 0 saturated carbocycles. The van der Waals surface area contributed by atoms with Gasteiger partial charge < -0.3 is 14.3 Å². The molecule has 0 saturated heterocycles. The van der Waals surface area contributed by atoms with E-state index in [4.69, 9.17) is 14.3 Å². The molecule has 0 aliphatic heterocycles. The van der Waals surface area contributed by atoms with Gasteiger partial charge in [-0.05, 0) is 18.2 Å². The van der Waals surface area contributed by atoms with E-state index in [9.17, 15) is 9.18 Å². The Morgan fingerprint density at radius 3 is 2.95 bits per heavy atom. The number of benzene rings is 1. The Labute approximate surface area is 108 Å². The van der Waals surface area contributed by atoms with Gasteiger partial charge >= 0.3 is 5.97 Å². The Morgan fingerprint density at radius 1 is 1.53 bits per heavy atom. The first kappa shape index (κ1) is 13.1. The van der Waals surface area contributed by atoms with Crippen LogP contribution in [-0.2, 0) is 11.2 Å². The van der Waals surface area contributed by atoms with Gasteiger partial charge in [-0.2, -0.15) is 0 Å². The van der Waals surface area contributed by atoms with Gasteiger partial charge in [-0.3, -0.25) is 4.79 Å².